The number of pyridine rings is 2. The Labute approximate surface area is 159 Å². The zero-order chi connectivity index (χ0) is 21.3. The van der Waals surface area contributed by atoms with Crippen LogP contribution in [0.1, 0.15) is 21.6 Å². The molecule has 2 aromatic heterocycles. The molecule has 0 saturated heterocycles. The second-order valence-electron chi connectivity index (χ2n) is 5.89. The Morgan fingerprint density at radius 3 is 2.55 bits per heavy atom. The van der Waals surface area contributed by atoms with Gasteiger partial charge in [0.05, 0.1) is 10.9 Å². The Bertz CT molecular complexity index is 1160. The number of carbonyl (C=O) groups is 1. The van der Waals surface area contributed by atoms with Crippen LogP contribution in [0.5, 0.6) is 5.75 Å². The van der Waals surface area contributed by atoms with Crippen LogP contribution in [0.4, 0.5) is 22.0 Å². The van der Waals surface area contributed by atoms with Crippen LogP contribution in [-0.2, 0) is 6.18 Å². The highest BCUT2D eigenvalue weighted by molar-refractivity contribution is 6.08. The molecule has 3 aromatic rings. The number of rotatable bonds is 3. The molecule has 6 nitrogen and oxygen atoms in total. The first-order chi connectivity index (χ1) is 13.6. The number of fused-ring (bicyclic) bond motifs is 1. The van der Waals surface area contributed by atoms with Crippen molar-refractivity contribution in [2.45, 2.75) is 19.7 Å². The van der Waals surface area contributed by atoms with Crippen LogP contribution >= 0.6 is 0 Å². The Balaban J connectivity index is 2.19. The first-order valence-electron chi connectivity index (χ1n) is 7.99. The zero-order valence-electron chi connectivity index (χ0n) is 14.6. The Kier molecular flexibility index (Phi) is 5.23. The van der Waals surface area contributed by atoms with Gasteiger partial charge in [-0.1, -0.05) is 0 Å². The number of halogens is 5. The number of hydrogen-bond acceptors (Lipinski definition) is 4. The standard InChI is InChI=1S/C18H12F5N3O3/c1-9-8-26(28)7-6-12(9)24-16(27)11-2-4-13(29-17(19)20)15-10(11)3-5-14(25-15)18(21,22)23/h2-8,17,28H,1H3. The zero-order valence-corrected chi connectivity index (χ0v) is 14.6. The maximum atomic E-state index is 13.0. The van der Waals surface area contributed by atoms with Crippen LogP contribution in [0.3, 0.4) is 0 Å². The van der Waals surface area contributed by atoms with E-state index < -0.39 is 35.7 Å². The number of ether oxygens (including phenoxy) is 1. The largest absolute Gasteiger partial charge is 0.433 e. The van der Waals surface area contributed by atoms with Gasteiger partial charge >= 0.3 is 12.8 Å². The average molecular weight is 413 g/mol. The Hall–Kier alpha value is -3.50. The van der Waals surface area contributed by atoms with Crippen molar-refractivity contribution in [3.63, 3.8) is 0 Å². The minimum atomic E-state index is -4.82. The smallest absolute Gasteiger partial charge is 0.432 e. The van der Waals surface area contributed by atoms with Crippen molar-refractivity contribution in [1.29, 1.82) is 0 Å². The molecule has 0 fully saturated rings. The van der Waals surface area contributed by atoms with Crippen LogP contribution in [0.2, 0.25) is 0 Å². The molecule has 0 atom stereocenters. The summed E-state index contributed by atoms with van der Waals surface area (Å²) in [7, 11) is 0. The van der Waals surface area contributed by atoms with Gasteiger partial charge in [-0.05, 0) is 42.8 Å². The van der Waals surface area contributed by atoms with Gasteiger partial charge in [0.15, 0.2) is 5.75 Å². The SMILES string of the molecule is Cc1cn(O)ccc1=NC(=O)c1ccc(OC(F)F)c2nc(C(F)(F)F)ccc12. The normalized spacial score (nSPS) is 12.6. The molecule has 0 radical (unpaired) electrons. The van der Waals surface area contributed by atoms with E-state index in [1.54, 1.807) is 6.92 Å². The topological polar surface area (TPSA) is 76.7 Å². The number of alkyl halides is 5. The van der Waals surface area contributed by atoms with Crippen LogP contribution in [-0.4, -0.2) is 27.4 Å². The molecule has 152 valence electrons. The summed E-state index contributed by atoms with van der Waals surface area (Å²) in [6.45, 7) is -1.72. The highest BCUT2D eigenvalue weighted by atomic mass is 19.4. The summed E-state index contributed by atoms with van der Waals surface area (Å²) >= 11 is 0. The van der Waals surface area contributed by atoms with Crippen molar-refractivity contribution < 1.29 is 36.7 Å². The maximum Gasteiger partial charge on any atom is 0.433 e. The number of nitrogens with zero attached hydrogens (tertiary/aromatic N) is 3. The predicted octanol–water partition coefficient (Wildman–Crippen LogP) is 3.94. The molecule has 0 aliphatic carbocycles. The van der Waals surface area contributed by atoms with Gasteiger partial charge in [-0.25, -0.2) is 14.7 Å². The number of carbonyl (C=O) groups excluding carboxylic acids is 1. The van der Waals surface area contributed by atoms with Crippen molar-refractivity contribution in [1.82, 2.24) is 9.71 Å². The summed E-state index contributed by atoms with van der Waals surface area (Å²) in [5.74, 6) is -1.44. The van der Waals surface area contributed by atoms with Gasteiger partial charge in [0, 0.05) is 17.8 Å². The molecule has 1 amide bonds. The summed E-state index contributed by atoms with van der Waals surface area (Å²) in [5, 5.41) is 9.42. The van der Waals surface area contributed by atoms with E-state index in [1.807, 2.05) is 0 Å². The number of amides is 1. The fourth-order valence-corrected chi connectivity index (χ4v) is 2.61. The third kappa shape index (κ3) is 4.33. The lowest BCUT2D eigenvalue weighted by atomic mass is 10.1. The predicted molar refractivity (Wildman–Crippen MR) is 89.6 cm³/mol. The molecule has 0 bridgehead atoms. The lowest BCUT2D eigenvalue weighted by Gasteiger charge is -2.12. The molecule has 29 heavy (non-hydrogen) atoms. The average Bonchev–Trinajstić information content (AvgIpc) is 2.62. The van der Waals surface area contributed by atoms with Crippen molar-refractivity contribution in [3.05, 3.63) is 64.9 Å². The number of aromatic nitrogens is 2. The lowest BCUT2D eigenvalue weighted by Crippen LogP contribution is -2.13. The quantitative estimate of drug-likeness (QED) is 0.521. The molecule has 0 saturated carbocycles. The summed E-state index contributed by atoms with van der Waals surface area (Å²) in [4.78, 5) is 19.9. The molecular weight excluding hydrogens is 401 g/mol. The van der Waals surface area contributed by atoms with Gasteiger partial charge in [0.25, 0.3) is 5.91 Å². The van der Waals surface area contributed by atoms with Gasteiger partial charge in [-0.3, -0.25) is 4.79 Å². The molecule has 3 rings (SSSR count). The minimum Gasteiger partial charge on any atom is -0.432 e. The number of aryl methyl sites for hydroxylation is 1. The molecule has 1 N–H and O–H groups in total. The number of hydrogen-bond donors (Lipinski definition) is 1. The van der Waals surface area contributed by atoms with Crippen molar-refractivity contribution in [2.24, 2.45) is 4.99 Å². The van der Waals surface area contributed by atoms with E-state index in [2.05, 4.69) is 14.7 Å². The molecule has 11 heteroatoms. The lowest BCUT2D eigenvalue weighted by molar-refractivity contribution is -0.140. The van der Waals surface area contributed by atoms with Gasteiger partial charge in [0.2, 0.25) is 0 Å². The highest BCUT2D eigenvalue weighted by Crippen LogP contribution is 2.34. The summed E-state index contributed by atoms with van der Waals surface area (Å²) in [6.07, 6.45) is -2.30. The molecule has 0 spiro atoms. The molecule has 0 unspecified atom stereocenters. The van der Waals surface area contributed by atoms with E-state index in [4.69, 9.17) is 0 Å². The molecular formula is C18H12F5N3O3. The van der Waals surface area contributed by atoms with E-state index in [0.29, 0.717) is 11.6 Å². The third-order valence-electron chi connectivity index (χ3n) is 3.89. The van der Waals surface area contributed by atoms with Crippen LogP contribution in [0.25, 0.3) is 10.9 Å². The second-order valence-corrected chi connectivity index (χ2v) is 5.89. The maximum absolute atomic E-state index is 13.0. The van der Waals surface area contributed by atoms with E-state index in [-0.39, 0.29) is 16.3 Å². The van der Waals surface area contributed by atoms with Gasteiger partial charge in [0.1, 0.15) is 11.2 Å². The number of benzene rings is 1. The molecule has 1 aromatic carbocycles. The molecule has 2 heterocycles. The first-order valence-corrected chi connectivity index (χ1v) is 7.99. The van der Waals surface area contributed by atoms with Gasteiger partial charge < -0.3 is 9.94 Å². The van der Waals surface area contributed by atoms with E-state index >= 15 is 0 Å². The minimum absolute atomic E-state index is 0.129. The van der Waals surface area contributed by atoms with E-state index in [0.717, 1.165) is 22.9 Å². The Morgan fingerprint density at radius 2 is 1.93 bits per heavy atom. The van der Waals surface area contributed by atoms with Crippen molar-refractivity contribution in [3.8, 4) is 5.75 Å². The van der Waals surface area contributed by atoms with Gasteiger partial charge in [-0.15, -0.1) is 0 Å². The summed E-state index contributed by atoms with van der Waals surface area (Å²) < 4.78 is 69.2. The third-order valence-corrected chi connectivity index (χ3v) is 3.89. The summed E-state index contributed by atoms with van der Waals surface area (Å²) in [6, 6.07) is 4.98. The van der Waals surface area contributed by atoms with Gasteiger partial charge in [-0.2, -0.15) is 22.0 Å². The van der Waals surface area contributed by atoms with Crippen LogP contribution < -0.4 is 10.1 Å². The summed E-state index contributed by atoms with van der Waals surface area (Å²) in [5.41, 5.74) is -1.57. The fourth-order valence-electron chi connectivity index (χ4n) is 2.61. The van der Waals surface area contributed by atoms with Crippen molar-refractivity contribution >= 4 is 16.8 Å². The van der Waals surface area contributed by atoms with Crippen molar-refractivity contribution in [2.75, 3.05) is 0 Å². The second kappa shape index (κ2) is 7.49. The monoisotopic (exact) mass is 413 g/mol. The molecule has 0 aliphatic rings. The first kappa shape index (κ1) is 20.2. The van der Waals surface area contributed by atoms with Crippen LogP contribution in [0.15, 0.2) is 47.7 Å². The fraction of sp³-hybridized carbons (Fsp3) is 0.167. The Morgan fingerprint density at radius 1 is 1.21 bits per heavy atom. The van der Waals surface area contributed by atoms with E-state index in [1.165, 1.54) is 18.5 Å². The molecule has 0 aliphatic heterocycles. The van der Waals surface area contributed by atoms with Crippen LogP contribution in [0, 0.1) is 6.92 Å². The highest BCUT2D eigenvalue weighted by Gasteiger charge is 2.33. The van der Waals surface area contributed by atoms with E-state index in [9.17, 15) is 32.0 Å².